The van der Waals surface area contributed by atoms with Gasteiger partial charge in [0.15, 0.2) is 0 Å². The zero-order valence-electron chi connectivity index (χ0n) is 25.2. The zero-order valence-corrected chi connectivity index (χ0v) is 26.0. The highest BCUT2D eigenvalue weighted by atomic mass is 32.1. The smallest absolute Gasteiger partial charge is 0.148 e. The lowest BCUT2D eigenvalue weighted by Gasteiger charge is -2.31. The molecule has 0 saturated heterocycles. The van der Waals surface area contributed by atoms with Crippen LogP contribution < -0.4 is 4.90 Å². The molecule has 4 aromatic heterocycles. The molecule has 0 spiro atoms. The standard InChI is InChI=1S/C41H27N5S/c1-3-11-26(12-4-1)31-21-23-35-39(43-31)38-34(22-20-30-29-15-7-10-18-36(29)47-40(30)38)46(35)37-24-19-28(25-42-37)45-33-17-9-8-16-32(33)44-41(45)27-13-5-2-6-14-27/h1-25,33,41H. The minimum atomic E-state index is -0.119. The van der Waals surface area contributed by atoms with Gasteiger partial charge in [-0.15, -0.1) is 11.3 Å². The van der Waals surface area contributed by atoms with E-state index in [-0.39, 0.29) is 12.2 Å². The van der Waals surface area contributed by atoms with Crippen LogP contribution in [0, 0.1) is 0 Å². The molecule has 8 aromatic rings. The summed E-state index contributed by atoms with van der Waals surface area (Å²) in [5.41, 5.74) is 8.47. The lowest BCUT2D eigenvalue weighted by molar-refractivity contribution is 0.694. The van der Waals surface area contributed by atoms with Crippen molar-refractivity contribution in [2.24, 2.45) is 4.99 Å². The second-order valence-corrected chi connectivity index (χ2v) is 13.1. The first-order valence-corrected chi connectivity index (χ1v) is 16.7. The van der Waals surface area contributed by atoms with E-state index < -0.39 is 0 Å². The molecule has 1 aliphatic heterocycles. The van der Waals surface area contributed by atoms with Crippen molar-refractivity contribution in [2.45, 2.75) is 12.2 Å². The van der Waals surface area contributed by atoms with Crippen LogP contribution in [0.5, 0.6) is 0 Å². The minimum Gasteiger partial charge on any atom is -0.332 e. The van der Waals surface area contributed by atoms with E-state index in [9.17, 15) is 0 Å². The van der Waals surface area contributed by atoms with Crippen LogP contribution >= 0.6 is 11.3 Å². The molecule has 0 saturated carbocycles. The summed E-state index contributed by atoms with van der Waals surface area (Å²) < 4.78 is 4.81. The SMILES string of the molecule is C1=CC2=NC(c3ccccc3)N(c3ccc(-n4c5ccc(-c6ccccc6)nc5c5c6sc7ccccc7c6ccc54)nc3)C2C=C1. The van der Waals surface area contributed by atoms with E-state index in [1.54, 1.807) is 0 Å². The maximum atomic E-state index is 5.33. The maximum Gasteiger partial charge on any atom is 0.148 e. The molecule has 0 radical (unpaired) electrons. The topological polar surface area (TPSA) is 46.3 Å². The highest BCUT2D eigenvalue weighted by molar-refractivity contribution is 7.26. The van der Waals surface area contributed by atoms with E-state index in [4.69, 9.17) is 15.0 Å². The molecule has 1 aliphatic carbocycles. The van der Waals surface area contributed by atoms with E-state index >= 15 is 0 Å². The summed E-state index contributed by atoms with van der Waals surface area (Å²) in [6.45, 7) is 0. The van der Waals surface area contributed by atoms with Crippen molar-refractivity contribution < 1.29 is 0 Å². The second kappa shape index (κ2) is 10.3. The Balaban J connectivity index is 1.16. The van der Waals surface area contributed by atoms with E-state index in [2.05, 4.69) is 149 Å². The van der Waals surface area contributed by atoms with Crippen LogP contribution in [0.2, 0.25) is 0 Å². The predicted molar refractivity (Wildman–Crippen MR) is 196 cm³/mol. The van der Waals surface area contributed by atoms with Crippen LogP contribution in [0.15, 0.2) is 157 Å². The van der Waals surface area contributed by atoms with Crippen molar-refractivity contribution >= 4 is 64.8 Å². The third-order valence-electron chi connectivity index (χ3n) is 9.35. The summed E-state index contributed by atoms with van der Waals surface area (Å²) in [6.07, 6.45) is 10.4. The molecule has 4 aromatic carbocycles. The lowest BCUT2D eigenvalue weighted by Crippen LogP contribution is -2.35. The normalized spacial score (nSPS) is 17.3. The highest BCUT2D eigenvalue weighted by Crippen LogP contribution is 2.43. The average molecular weight is 622 g/mol. The van der Waals surface area contributed by atoms with Crippen molar-refractivity contribution in [1.82, 2.24) is 14.5 Å². The Hall–Kier alpha value is -5.85. The number of thiophene rings is 1. The molecular weight excluding hydrogens is 595 g/mol. The fourth-order valence-corrected chi connectivity index (χ4v) is 8.46. The number of allylic oxidation sites excluding steroid dienone is 2. The summed E-state index contributed by atoms with van der Waals surface area (Å²) in [4.78, 5) is 18.0. The van der Waals surface area contributed by atoms with Gasteiger partial charge in [0.25, 0.3) is 0 Å². The van der Waals surface area contributed by atoms with Gasteiger partial charge in [0, 0.05) is 31.1 Å². The Morgan fingerprint density at radius 3 is 2.34 bits per heavy atom. The molecule has 5 heterocycles. The summed E-state index contributed by atoms with van der Waals surface area (Å²) in [6, 6.07) is 42.8. The van der Waals surface area contributed by atoms with Crippen LogP contribution in [0.3, 0.4) is 0 Å². The van der Waals surface area contributed by atoms with Gasteiger partial charge in [-0.05, 0) is 48.0 Å². The number of hydrogen-bond donors (Lipinski definition) is 0. The lowest BCUT2D eigenvalue weighted by atomic mass is 10.0. The Labute approximate surface area is 275 Å². The van der Waals surface area contributed by atoms with Crippen molar-refractivity contribution in [1.29, 1.82) is 0 Å². The molecule has 2 atom stereocenters. The first-order valence-electron chi connectivity index (χ1n) is 15.8. The van der Waals surface area contributed by atoms with Gasteiger partial charge in [0.05, 0.1) is 45.9 Å². The number of fused-ring (bicyclic) bond motifs is 8. The third kappa shape index (κ3) is 4.05. The molecular formula is C41H27N5S. The Kier molecular flexibility index (Phi) is 5.80. The number of nitrogens with zero attached hydrogens (tertiary/aromatic N) is 5. The zero-order chi connectivity index (χ0) is 30.9. The number of aliphatic imine (C=N–C) groups is 1. The number of rotatable bonds is 4. The molecule has 222 valence electrons. The van der Waals surface area contributed by atoms with Gasteiger partial charge in [0.2, 0.25) is 0 Å². The van der Waals surface area contributed by atoms with Gasteiger partial charge in [-0.3, -0.25) is 9.56 Å². The molecule has 5 nitrogen and oxygen atoms in total. The number of pyridine rings is 2. The second-order valence-electron chi connectivity index (χ2n) is 12.0. The first-order chi connectivity index (χ1) is 23.3. The molecule has 10 rings (SSSR count). The summed E-state index contributed by atoms with van der Waals surface area (Å²) in [7, 11) is 0. The van der Waals surface area contributed by atoms with Crippen molar-refractivity contribution in [3.05, 3.63) is 157 Å². The fraction of sp³-hybridized carbons (Fsp3) is 0.0488. The molecule has 2 aliphatic rings. The molecule has 0 amide bonds. The summed E-state index contributed by atoms with van der Waals surface area (Å²) in [5, 5.41) is 3.71. The van der Waals surface area contributed by atoms with Crippen LogP contribution in [-0.4, -0.2) is 26.3 Å². The number of benzene rings is 4. The highest BCUT2D eigenvalue weighted by Gasteiger charge is 2.35. The van der Waals surface area contributed by atoms with E-state index in [1.165, 1.54) is 25.6 Å². The minimum absolute atomic E-state index is 0.0629. The number of aromatic nitrogens is 3. The fourth-order valence-electron chi connectivity index (χ4n) is 7.21. The van der Waals surface area contributed by atoms with Gasteiger partial charge < -0.3 is 4.90 Å². The van der Waals surface area contributed by atoms with Crippen molar-refractivity contribution in [2.75, 3.05) is 4.90 Å². The van der Waals surface area contributed by atoms with Gasteiger partial charge in [0.1, 0.15) is 12.0 Å². The average Bonchev–Trinajstić information content (AvgIpc) is 3.82. The van der Waals surface area contributed by atoms with Crippen molar-refractivity contribution in [3.8, 4) is 17.1 Å². The van der Waals surface area contributed by atoms with Crippen molar-refractivity contribution in [3.63, 3.8) is 0 Å². The van der Waals surface area contributed by atoms with Gasteiger partial charge >= 0.3 is 0 Å². The molecule has 6 heteroatoms. The van der Waals surface area contributed by atoms with Gasteiger partial charge in [-0.1, -0.05) is 103 Å². The van der Waals surface area contributed by atoms with Gasteiger partial charge in [-0.2, -0.15) is 0 Å². The van der Waals surface area contributed by atoms with E-state index in [0.717, 1.165) is 50.6 Å². The van der Waals surface area contributed by atoms with E-state index in [0.29, 0.717) is 0 Å². The van der Waals surface area contributed by atoms with Crippen LogP contribution in [0.25, 0.3) is 59.2 Å². The summed E-state index contributed by atoms with van der Waals surface area (Å²) in [5.74, 6) is 0.860. The van der Waals surface area contributed by atoms with E-state index in [1.807, 2.05) is 23.6 Å². The molecule has 0 bridgehead atoms. The molecule has 47 heavy (non-hydrogen) atoms. The Morgan fingerprint density at radius 2 is 1.49 bits per heavy atom. The maximum absolute atomic E-state index is 5.33. The molecule has 0 fully saturated rings. The molecule has 0 N–H and O–H groups in total. The van der Waals surface area contributed by atoms with Crippen LogP contribution in [-0.2, 0) is 0 Å². The number of hydrogen-bond acceptors (Lipinski definition) is 5. The largest absolute Gasteiger partial charge is 0.332 e. The predicted octanol–water partition coefficient (Wildman–Crippen LogP) is 10.1. The van der Waals surface area contributed by atoms with Crippen LogP contribution in [0.1, 0.15) is 11.7 Å². The third-order valence-corrected chi connectivity index (χ3v) is 10.6. The summed E-state index contributed by atoms with van der Waals surface area (Å²) >= 11 is 1.84. The Bertz CT molecular complexity index is 2580. The monoisotopic (exact) mass is 621 g/mol. The van der Waals surface area contributed by atoms with Crippen LogP contribution in [0.4, 0.5) is 5.69 Å². The molecule has 2 unspecified atom stereocenters. The number of anilines is 1. The first kappa shape index (κ1) is 26.4. The Morgan fingerprint density at radius 1 is 0.681 bits per heavy atom. The van der Waals surface area contributed by atoms with Gasteiger partial charge in [-0.25, -0.2) is 9.97 Å². The quantitative estimate of drug-likeness (QED) is 0.196.